The van der Waals surface area contributed by atoms with E-state index in [1.807, 2.05) is 19.9 Å². The number of likely N-dealkylation sites (tertiary alicyclic amines) is 1. The molecule has 6 nitrogen and oxygen atoms in total. The maximum Gasteiger partial charge on any atom is 0.430 e. The van der Waals surface area contributed by atoms with Crippen molar-refractivity contribution in [3.05, 3.63) is 64.2 Å². The van der Waals surface area contributed by atoms with Gasteiger partial charge >= 0.3 is 6.18 Å². The first-order valence-corrected chi connectivity index (χ1v) is 14.2. The molecular weight excluding hydrogens is 543 g/mol. The third-order valence-electron chi connectivity index (χ3n) is 8.46. The van der Waals surface area contributed by atoms with Crippen molar-refractivity contribution in [2.24, 2.45) is 17.6 Å². The number of anilines is 1. The molecule has 2 saturated heterocycles. The first kappa shape index (κ1) is 30.2. The molecule has 2 aliphatic heterocycles. The Bertz CT molecular complexity index is 1220. The highest BCUT2D eigenvalue weighted by atomic mass is 35.5. The zero-order valence-electron chi connectivity index (χ0n) is 22.9. The van der Waals surface area contributed by atoms with Gasteiger partial charge < -0.3 is 20.6 Å². The topological polar surface area (TPSA) is 86.9 Å². The first-order valence-electron chi connectivity index (χ1n) is 13.8. The van der Waals surface area contributed by atoms with Crippen LogP contribution in [0.1, 0.15) is 73.4 Å². The van der Waals surface area contributed by atoms with E-state index in [0.29, 0.717) is 40.8 Å². The van der Waals surface area contributed by atoms with Gasteiger partial charge in [0.25, 0.3) is 11.5 Å². The van der Waals surface area contributed by atoms with Crippen LogP contribution in [-0.4, -0.2) is 54.2 Å². The van der Waals surface area contributed by atoms with Crippen LogP contribution in [0.3, 0.4) is 0 Å². The Morgan fingerprint density at radius 1 is 1.00 bits per heavy atom. The minimum Gasteiger partial charge on any atom is -0.371 e. The van der Waals surface area contributed by atoms with Gasteiger partial charge in [-0.1, -0.05) is 49.7 Å². The van der Waals surface area contributed by atoms with Crippen molar-refractivity contribution < 1.29 is 27.9 Å². The van der Waals surface area contributed by atoms with Gasteiger partial charge in [-0.15, -0.1) is 0 Å². The lowest BCUT2D eigenvalue weighted by atomic mass is 9.82. The number of hydrogen-bond acceptors (Lipinski definition) is 4. The summed E-state index contributed by atoms with van der Waals surface area (Å²) in [5.41, 5.74) is 3.19. The van der Waals surface area contributed by atoms with E-state index < -0.39 is 29.2 Å². The van der Waals surface area contributed by atoms with E-state index in [1.165, 1.54) is 23.1 Å². The molecule has 2 fully saturated rings. The van der Waals surface area contributed by atoms with Gasteiger partial charge in [-0.3, -0.25) is 9.59 Å². The van der Waals surface area contributed by atoms with Crippen molar-refractivity contribution in [3.63, 3.8) is 0 Å². The van der Waals surface area contributed by atoms with Crippen molar-refractivity contribution in [3.8, 4) is 0 Å². The number of nitrogens with zero attached hydrogens (tertiary/aromatic N) is 2. The van der Waals surface area contributed by atoms with Crippen LogP contribution in [0.15, 0.2) is 42.5 Å². The van der Waals surface area contributed by atoms with Crippen molar-refractivity contribution in [1.29, 1.82) is 0 Å². The minimum atomic E-state index is -5.14. The molecule has 0 radical (unpaired) electrons. The van der Waals surface area contributed by atoms with E-state index in [0.717, 1.165) is 38.0 Å². The molecule has 1 atom stereocenters. The predicted molar refractivity (Wildman–Crippen MR) is 149 cm³/mol. The fraction of sp³-hybridized carbons (Fsp3) is 0.533. The molecule has 3 N–H and O–H groups in total. The second-order valence-electron chi connectivity index (χ2n) is 11.4. The molecule has 2 aromatic carbocycles. The molecule has 0 saturated carbocycles. The number of halogens is 4. The fourth-order valence-corrected chi connectivity index (χ4v) is 6.20. The van der Waals surface area contributed by atoms with Gasteiger partial charge in [-0.25, -0.2) is 0 Å². The molecule has 0 aromatic heterocycles. The number of carbonyl (C=O) groups is 2. The Morgan fingerprint density at radius 3 is 2.12 bits per heavy atom. The molecule has 2 aromatic rings. The Kier molecular flexibility index (Phi) is 9.05. The van der Waals surface area contributed by atoms with Crippen LogP contribution in [0, 0.1) is 11.8 Å². The molecule has 40 heavy (non-hydrogen) atoms. The number of piperidine rings is 2. The zero-order valence-corrected chi connectivity index (χ0v) is 23.6. The molecule has 0 bridgehead atoms. The Labute approximate surface area is 238 Å². The quantitative estimate of drug-likeness (QED) is 0.430. The summed E-state index contributed by atoms with van der Waals surface area (Å²) < 4.78 is 42.6. The van der Waals surface area contributed by atoms with Gasteiger partial charge in [-0.2, -0.15) is 13.2 Å². The summed E-state index contributed by atoms with van der Waals surface area (Å²) in [5.74, 6) is -1.11. The van der Waals surface area contributed by atoms with E-state index >= 15 is 0 Å². The van der Waals surface area contributed by atoms with Crippen LogP contribution in [0.2, 0.25) is 5.02 Å². The minimum absolute atomic E-state index is 0.0460. The molecule has 218 valence electrons. The van der Waals surface area contributed by atoms with E-state index in [2.05, 4.69) is 4.90 Å². The summed E-state index contributed by atoms with van der Waals surface area (Å²) in [6, 6.07) is 10.9. The standard InChI is InChI=1S/C30H37ClF3N3O3/c1-19(2)22-4-3-5-23(17-22)29(40,30(32,33)34)28(39)37-14-10-21(11-15-37)16-20-8-12-36(13-9-20)24-6-7-25(27(35)38)26(31)18-24/h3-7,17-21,40H,8-16H2,1-2H3,(H2,35,38). The number of amides is 2. The Balaban J connectivity index is 1.33. The van der Waals surface area contributed by atoms with Crippen molar-refractivity contribution >= 4 is 29.1 Å². The lowest BCUT2D eigenvalue weighted by Crippen LogP contribution is -2.57. The molecule has 2 amide bonds. The summed E-state index contributed by atoms with van der Waals surface area (Å²) >= 11 is 6.21. The monoisotopic (exact) mass is 579 g/mol. The van der Waals surface area contributed by atoms with E-state index in [4.69, 9.17) is 17.3 Å². The van der Waals surface area contributed by atoms with Crippen LogP contribution in [0.4, 0.5) is 18.9 Å². The highest BCUT2D eigenvalue weighted by molar-refractivity contribution is 6.34. The molecule has 4 rings (SSSR count). The smallest absolute Gasteiger partial charge is 0.371 e. The SMILES string of the molecule is CC(C)c1cccc(C(O)(C(=O)N2CCC(CC3CCN(c4ccc(C(N)=O)c(Cl)c4)CC3)CC2)C(F)(F)F)c1. The largest absolute Gasteiger partial charge is 0.430 e. The van der Waals surface area contributed by atoms with Crippen LogP contribution in [-0.2, 0) is 10.4 Å². The van der Waals surface area contributed by atoms with E-state index in [-0.39, 0.29) is 19.0 Å². The number of rotatable bonds is 7. The number of hydrogen-bond donors (Lipinski definition) is 2. The molecule has 2 heterocycles. The van der Waals surface area contributed by atoms with Crippen LogP contribution in [0.5, 0.6) is 0 Å². The average molecular weight is 580 g/mol. The van der Waals surface area contributed by atoms with Gasteiger partial charge in [0.05, 0.1) is 10.6 Å². The predicted octanol–water partition coefficient (Wildman–Crippen LogP) is 5.86. The zero-order chi connectivity index (χ0) is 29.2. The maximum atomic E-state index is 14.2. The van der Waals surface area contributed by atoms with Gasteiger partial charge in [0.1, 0.15) is 0 Å². The van der Waals surface area contributed by atoms with E-state index in [9.17, 15) is 27.9 Å². The summed E-state index contributed by atoms with van der Waals surface area (Å²) in [6.45, 7) is 5.75. The van der Waals surface area contributed by atoms with Crippen LogP contribution in [0.25, 0.3) is 0 Å². The van der Waals surface area contributed by atoms with Gasteiger partial charge in [0.2, 0.25) is 5.91 Å². The summed E-state index contributed by atoms with van der Waals surface area (Å²) in [5, 5.41) is 11.2. The lowest BCUT2D eigenvalue weighted by Gasteiger charge is -2.40. The number of alkyl halides is 3. The van der Waals surface area contributed by atoms with Gasteiger partial charge in [0.15, 0.2) is 0 Å². The number of benzene rings is 2. The third-order valence-corrected chi connectivity index (χ3v) is 8.77. The number of carbonyl (C=O) groups excluding carboxylic acids is 2. The Morgan fingerprint density at radius 2 is 1.60 bits per heavy atom. The highest BCUT2D eigenvalue weighted by Crippen LogP contribution is 2.42. The van der Waals surface area contributed by atoms with Crippen molar-refractivity contribution in [1.82, 2.24) is 4.90 Å². The molecule has 1 unspecified atom stereocenters. The summed E-state index contributed by atoms with van der Waals surface area (Å²) in [4.78, 5) is 28.0. The molecule has 2 aliphatic rings. The van der Waals surface area contributed by atoms with Crippen molar-refractivity contribution in [2.45, 2.75) is 63.6 Å². The fourth-order valence-electron chi connectivity index (χ4n) is 5.93. The lowest BCUT2D eigenvalue weighted by molar-refractivity contribution is -0.262. The Hall–Kier alpha value is -2.78. The average Bonchev–Trinajstić information content (AvgIpc) is 2.92. The number of primary amides is 1. The number of aliphatic hydroxyl groups is 1. The van der Waals surface area contributed by atoms with Gasteiger partial charge in [0, 0.05) is 37.4 Å². The van der Waals surface area contributed by atoms with Crippen LogP contribution < -0.4 is 10.6 Å². The van der Waals surface area contributed by atoms with E-state index in [1.54, 1.807) is 18.2 Å². The van der Waals surface area contributed by atoms with Crippen LogP contribution >= 0.6 is 11.6 Å². The second kappa shape index (κ2) is 12.0. The molecule has 10 heteroatoms. The highest BCUT2D eigenvalue weighted by Gasteiger charge is 2.62. The first-order chi connectivity index (χ1) is 18.8. The molecule has 0 spiro atoms. The summed E-state index contributed by atoms with van der Waals surface area (Å²) in [7, 11) is 0. The third kappa shape index (κ3) is 6.25. The number of nitrogens with two attached hydrogens (primary N) is 1. The maximum absolute atomic E-state index is 14.2. The normalized spacial score (nSPS) is 19.1. The molecule has 0 aliphatic carbocycles. The summed E-state index contributed by atoms with van der Waals surface area (Å²) in [6.07, 6.45) is -1.04. The molecular formula is C30H37ClF3N3O3. The van der Waals surface area contributed by atoms with Crippen molar-refractivity contribution in [2.75, 3.05) is 31.1 Å². The second-order valence-corrected chi connectivity index (χ2v) is 11.8. The van der Waals surface area contributed by atoms with Gasteiger partial charge in [-0.05, 0) is 73.6 Å².